The summed E-state index contributed by atoms with van der Waals surface area (Å²) >= 11 is 0. The summed E-state index contributed by atoms with van der Waals surface area (Å²) in [5, 5.41) is 3.14. The molecule has 0 aromatic heterocycles. The van der Waals surface area contributed by atoms with Gasteiger partial charge in [-0.3, -0.25) is 0 Å². The second-order valence-corrected chi connectivity index (χ2v) is 1.99. The van der Waals surface area contributed by atoms with E-state index in [0.29, 0.717) is 6.04 Å². The number of rotatable bonds is 1. The van der Waals surface area contributed by atoms with E-state index in [-0.39, 0.29) is 0 Å². The minimum absolute atomic E-state index is 0.312. The Morgan fingerprint density at radius 1 is 1.75 bits per heavy atom. The van der Waals surface area contributed by atoms with Gasteiger partial charge in [0.15, 0.2) is 0 Å². The third-order valence-electron chi connectivity index (χ3n) is 1.37. The van der Waals surface area contributed by atoms with Crippen molar-refractivity contribution in [3.8, 4) is 0 Å². The van der Waals surface area contributed by atoms with Gasteiger partial charge in [0, 0.05) is 12.1 Å². The van der Waals surface area contributed by atoms with Gasteiger partial charge in [-0.15, -0.1) is 0 Å². The molecule has 0 bridgehead atoms. The molecule has 8 heavy (non-hydrogen) atoms. The maximum Gasteiger partial charge on any atom is 0.121 e. The normalized spacial score (nSPS) is 27.2. The van der Waals surface area contributed by atoms with E-state index in [1.54, 1.807) is 12.0 Å². The molecule has 2 heteroatoms. The summed E-state index contributed by atoms with van der Waals surface area (Å²) in [5.41, 5.74) is 0. The molecule has 0 saturated carbocycles. The summed E-state index contributed by atoms with van der Waals surface area (Å²) in [7, 11) is 0. The highest BCUT2D eigenvalue weighted by Gasteiger charge is 2.09. The molecular weight excluding hydrogens is 102 g/mol. The van der Waals surface area contributed by atoms with Crippen molar-refractivity contribution >= 4 is 5.94 Å². The van der Waals surface area contributed by atoms with Gasteiger partial charge in [-0.2, -0.15) is 0 Å². The second-order valence-electron chi connectivity index (χ2n) is 1.99. The number of hydrogen-bond acceptors (Lipinski definition) is 2. The van der Waals surface area contributed by atoms with Gasteiger partial charge in [-0.25, -0.2) is 4.79 Å². The van der Waals surface area contributed by atoms with Gasteiger partial charge in [0.1, 0.15) is 5.94 Å². The molecule has 1 atom stereocenters. The van der Waals surface area contributed by atoms with E-state index in [1.165, 1.54) is 6.42 Å². The highest BCUT2D eigenvalue weighted by Crippen LogP contribution is 2.03. The van der Waals surface area contributed by atoms with Gasteiger partial charge < -0.3 is 5.32 Å². The van der Waals surface area contributed by atoms with Gasteiger partial charge in [0.05, 0.1) is 0 Å². The fourth-order valence-corrected chi connectivity index (χ4v) is 0.936. The summed E-state index contributed by atoms with van der Waals surface area (Å²) in [6, 6.07) is 0.312. The van der Waals surface area contributed by atoms with Crippen molar-refractivity contribution in [1.82, 2.24) is 5.32 Å². The topological polar surface area (TPSA) is 29.1 Å². The zero-order valence-electron chi connectivity index (χ0n) is 4.68. The molecule has 1 aliphatic heterocycles. The highest BCUT2D eigenvalue weighted by atomic mass is 16.1. The van der Waals surface area contributed by atoms with Crippen LogP contribution >= 0.6 is 0 Å². The molecule has 1 saturated heterocycles. The SMILES string of the molecule is O=C=CC1CCCN1. The van der Waals surface area contributed by atoms with E-state index in [4.69, 9.17) is 0 Å². The fourth-order valence-electron chi connectivity index (χ4n) is 0.936. The molecule has 1 heterocycles. The smallest absolute Gasteiger partial charge is 0.121 e. The first-order valence-corrected chi connectivity index (χ1v) is 2.88. The Kier molecular flexibility index (Phi) is 1.84. The van der Waals surface area contributed by atoms with Gasteiger partial charge in [-0.05, 0) is 19.4 Å². The molecule has 0 radical (unpaired) electrons. The number of nitrogens with one attached hydrogen (secondary N) is 1. The lowest BCUT2D eigenvalue weighted by atomic mass is 10.2. The van der Waals surface area contributed by atoms with Crippen LogP contribution in [0.5, 0.6) is 0 Å². The lowest BCUT2D eigenvalue weighted by molar-refractivity contribution is 0.566. The quantitative estimate of drug-likeness (QED) is 0.487. The maximum atomic E-state index is 9.74. The van der Waals surface area contributed by atoms with Crippen molar-refractivity contribution < 1.29 is 4.79 Å². The molecule has 0 spiro atoms. The van der Waals surface area contributed by atoms with Crippen LogP contribution in [0.3, 0.4) is 0 Å². The van der Waals surface area contributed by atoms with Gasteiger partial charge in [-0.1, -0.05) is 0 Å². The van der Waals surface area contributed by atoms with E-state index in [2.05, 4.69) is 5.32 Å². The Bertz CT molecular complexity index is 110. The Labute approximate surface area is 48.6 Å². The predicted molar refractivity (Wildman–Crippen MR) is 31.3 cm³/mol. The van der Waals surface area contributed by atoms with E-state index >= 15 is 0 Å². The largest absolute Gasteiger partial charge is 0.310 e. The van der Waals surface area contributed by atoms with Gasteiger partial charge in [0.25, 0.3) is 0 Å². The molecule has 1 N–H and O–H groups in total. The average molecular weight is 111 g/mol. The Morgan fingerprint density at radius 3 is 3.12 bits per heavy atom. The lowest BCUT2D eigenvalue weighted by Crippen LogP contribution is -2.18. The summed E-state index contributed by atoms with van der Waals surface area (Å²) in [5.74, 6) is 1.77. The van der Waals surface area contributed by atoms with Crippen LogP contribution in [0.25, 0.3) is 0 Å². The summed E-state index contributed by atoms with van der Waals surface area (Å²) in [4.78, 5) is 9.74. The Morgan fingerprint density at radius 2 is 2.62 bits per heavy atom. The third-order valence-corrected chi connectivity index (χ3v) is 1.37. The molecule has 2 nitrogen and oxygen atoms in total. The molecule has 0 aliphatic carbocycles. The van der Waals surface area contributed by atoms with E-state index in [1.807, 2.05) is 0 Å². The standard InChI is InChI=1S/C6H9NO/c8-5-3-6-2-1-4-7-6/h3,6-7H,1-2,4H2. The number of carbonyl (C=O) groups excluding carboxylic acids is 1. The van der Waals surface area contributed by atoms with Crippen LogP contribution in [0, 0.1) is 0 Å². The van der Waals surface area contributed by atoms with Crippen LogP contribution in [0.15, 0.2) is 6.08 Å². The van der Waals surface area contributed by atoms with Crippen LogP contribution in [-0.4, -0.2) is 18.5 Å². The van der Waals surface area contributed by atoms with Gasteiger partial charge in [0.2, 0.25) is 0 Å². The zero-order valence-corrected chi connectivity index (χ0v) is 4.68. The molecule has 1 aliphatic rings. The first-order valence-electron chi connectivity index (χ1n) is 2.88. The van der Waals surface area contributed by atoms with Crippen molar-refractivity contribution in [2.45, 2.75) is 18.9 Å². The number of hydrogen-bond donors (Lipinski definition) is 1. The third kappa shape index (κ3) is 1.19. The van der Waals surface area contributed by atoms with Crippen LogP contribution in [0.4, 0.5) is 0 Å². The Balaban J connectivity index is 2.35. The average Bonchev–Trinajstić information content (AvgIpc) is 2.19. The molecule has 0 amide bonds. The highest BCUT2D eigenvalue weighted by molar-refractivity contribution is 5.46. The first-order chi connectivity index (χ1) is 3.93. The molecule has 1 fully saturated rings. The summed E-state index contributed by atoms with van der Waals surface area (Å²) < 4.78 is 0. The molecule has 0 aromatic rings. The fraction of sp³-hybridized carbons (Fsp3) is 0.667. The van der Waals surface area contributed by atoms with Crippen molar-refractivity contribution in [2.75, 3.05) is 6.54 Å². The molecule has 44 valence electrons. The molecular formula is C6H9NO. The lowest BCUT2D eigenvalue weighted by Gasteiger charge is -1.96. The van der Waals surface area contributed by atoms with Gasteiger partial charge >= 0.3 is 0 Å². The zero-order chi connectivity index (χ0) is 5.82. The molecule has 0 aromatic carbocycles. The van der Waals surface area contributed by atoms with Crippen molar-refractivity contribution in [3.05, 3.63) is 6.08 Å². The maximum absolute atomic E-state index is 9.74. The predicted octanol–water partition coefficient (Wildman–Crippen LogP) is 0.126. The Hall–Kier alpha value is -0.590. The summed E-state index contributed by atoms with van der Waals surface area (Å²) in [6.45, 7) is 1.04. The minimum Gasteiger partial charge on any atom is -0.310 e. The summed E-state index contributed by atoms with van der Waals surface area (Å²) in [6.07, 6.45) is 3.82. The van der Waals surface area contributed by atoms with E-state index < -0.39 is 0 Å². The van der Waals surface area contributed by atoms with E-state index in [0.717, 1.165) is 13.0 Å². The van der Waals surface area contributed by atoms with Crippen LogP contribution in [-0.2, 0) is 4.79 Å². The van der Waals surface area contributed by atoms with Crippen LogP contribution in [0.2, 0.25) is 0 Å². The van der Waals surface area contributed by atoms with Crippen molar-refractivity contribution in [3.63, 3.8) is 0 Å². The minimum atomic E-state index is 0.312. The molecule has 1 rings (SSSR count). The van der Waals surface area contributed by atoms with E-state index in [9.17, 15) is 4.79 Å². The molecule has 1 unspecified atom stereocenters. The van der Waals surface area contributed by atoms with Crippen LogP contribution < -0.4 is 5.32 Å². The van der Waals surface area contributed by atoms with Crippen LogP contribution in [0.1, 0.15) is 12.8 Å². The first kappa shape index (κ1) is 5.54. The second kappa shape index (κ2) is 2.65. The monoisotopic (exact) mass is 111 g/mol. The van der Waals surface area contributed by atoms with Crippen molar-refractivity contribution in [2.24, 2.45) is 0 Å². The van der Waals surface area contributed by atoms with Crippen molar-refractivity contribution in [1.29, 1.82) is 0 Å².